The van der Waals surface area contributed by atoms with E-state index >= 15 is 0 Å². The van der Waals surface area contributed by atoms with Crippen molar-refractivity contribution in [3.05, 3.63) is 0 Å². The highest BCUT2D eigenvalue weighted by molar-refractivity contribution is 5.81. The first kappa shape index (κ1) is 13.5. The molecule has 0 aliphatic carbocycles. The number of amides is 1. The molecule has 0 radical (unpaired) electrons. The predicted molar refractivity (Wildman–Crippen MR) is 66.4 cm³/mol. The smallest absolute Gasteiger partial charge is 0.239 e. The van der Waals surface area contributed by atoms with Gasteiger partial charge in [0.25, 0.3) is 0 Å². The van der Waals surface area contributed by atoms with Gasteiger partial charge in [-0.05, 0) is 27.7 Å². The first-order chi connectivity index (χ1) is 7.60. The number of piperazine rings is 1. The Hall–Kier alpha value is -0.610. The zero-order valence-electron chi connectivity index (χ0n) is 11.0. The van der Waals surface area contributed by atoms with Gasteiger partial charge < -0.3 is 10.2 Å². The zero-order valence-corrected chi connectivity index (χ0v) is 11.0. The number of carbonyl (C=O) groups is 1. The van der Waals surface area contributed by atoms with Gasteiger partial charge in [-0.2, -0.15) is 0 Å². The van der Waals surface area contributed by atoms with Gasteiger partial charge in [0, 0.05) is 38.8 Å². The fourth-order valence-electron chi connectivity index (χ4n) is 2.27. The number of nitrogens with zero attached hydrogens (tertiary/aromatic N) is 2. The van der Waals surface area contributed by atoms with E-state index in [9.17, 15) is 4.79 Å². The van der Waals surface area contributed by atoms with Crippen molar-refractivity contribution in [2.75, 3.05) is 32.7 Å². The summed E-state index contributed by atoms with van der Waals surface area (Å²) in [6.07, 6.45) is 0. The molecule has 16 heavy (non-hydrogen) atoms. The van der Waals surface area contributed by atoms with Crippen molar-refractivity contribution in [3.63, 3.8) is 0 Å². The molecule has 1 aliphatic rings. The third-order valence-electron chi connectivity index (χ3n) is 3.38. The van der Waals surface area contributed by atoms with Crippen molar-refractivity contribution in [2.24, 2.45) is 0 Å². The van der Waals surface area contributed by atoms with Crippen LogP contribution >= 0.6 is 0 Å². The summed E-state index contributed by atoms with van der Waals surface area (Å²) in [5.74, 6) is 0.263. The lowest BCUT2D eigenvalue weighted by molar-refractivity contribution is -0.136. The molecule has 1 N–H and O–H groups in total. The van der Waals surface area contributed by atoms with Gasteiger partial charge in [-0.3, -0.25) is 9.69 Å². The maximum absolute atomic E-state index is 12.2. The molecule has 0 bridgehead atoms. The maximum Gasteiger partial charge on any atom is 0.239 e. The van der Waals surface area contributed by atoms with Gasteiger partial charge in [-0.1, -0.05) is 0 Å². The molecule has 1 aliphatic heterocycles. The third kappa shape index (κ3) is 3.19. The Morgan fingerprint density at radius 3 is 2.62 bits per heavy atom. The van der Waals surface area contributed by atoms with Crippen LogP contribution < -0.4 is 5.32 Å². The second-order valence-electron chi connectivity index (χ2n) is 4.54. The van der Waals surface area contributed by atoms with Crippen LogP contribution in [0.4, 0.5) is 0 Å². The highest BCUT2D eigenvalue weighted by atomic mass is 16.2. The third-order valence-corrected chi connectivity index (χ3v) is 3.38. The molecule has 0 aromatic carbocycles. The fraction of sp³-hybridized carbons (Fsp3) is 0.917. The monoisotopic (exact) mass is 227 g/mol. The summed E-state index contributed by atoms with van der Waals surface area (Å²) in [4.78, 5) is 16.4. The highest BCUT2D eigenvalue weighted by Crippen LogP contribution is 2.07. The van der Waals surface area contributed by atoms with Crippen molar-refractivity contribution in [3.8, 4) is 0 Å². The molecule has 1 saturated heterocycles. The quantitative estimate of drug-likeness (QED) is 0.761. The van der Waals surface area contributed by atoms with Crippen LogP contribution in [0.15, 0.2) is 0 Å². The van der Waals surface area contributed by atoms with Gasteiger partial charge in [-0.15, -0.1) is 0 Å². The van der Waals surface area contributed by atoms with Crippen molar-refractivity contribution in [1.29, 1.82) is 0 Å². The van der Waals surface area contributed by atoms with E-state index in [4.69, 9.17) is 0 Å². The van der Waals surface area contributed by atoms with Gasteiger partial charge in [0.05, 0.1) is 6.04 Å². The SMILES string of the molecule is CCN(CC)C(=O)C(C)N1CCN[C@@H](C)C1. The molecule has 1 rings (SSSR count). The average Bonchev–Trinajstić information content (AvgIpc) is 2.29. The molecular formula is C12H25N3O. The summed E-state index contributed by atoms with van der Waals surface area (Å²) in [7, 11) is 0. The van der Waals surface area contributed by atoms with Crippen LogP contribution in [-0.2, 0) is 4.79 Å². The molecule has 0 aromatic rings. The zero-order chi connectivity index (χ0) is 12.1. The Balaban J connectivity index is 2.55. The second kappa shape index (κ2) is 6.21. The number of nitrogens with one attached hydrogen (secondary N) is 1. The van der Waals surface area contributed by atoms with Crippen LogP contribution in [0.25, 0.3) is 0 Å². The Morgan fingerprint density at radius 1 is 1.50 bits per heavy atom. The molecule has 0 aromatic heterocycles. The first-order valence-electron chi connectivity index (χ1n) is 6.36. The number of rotatable bonds is 4. The second-order valence-corrected chi connectivity index (χ2v) is 4.54. The summed E-state index contributed by atoms with van der Waals surface area (Å²) < 4.78 is 0. The predicted octanol–water partition coefficient (Wildman–Crippen LogP) is 0.537. The van der Waals surface area contributed by atoms with Crippen LogP contribution in [0, 0.1) is 0 Å². The first-order valence-corrected chi connectivity index (χ1v) is 6.36. The summed E-state index contributed by atoms with van der Waals surface area (Å²) in [5.41, 5.74) is 0. The molecule has 2 atom stereocenters. The number of hydrogen-bond donors (Lipinski definition) is 1. The van der Waals surface area contributed by atoms with Gasteiger partial charge in [0.1, 0.15) is 0 Å². The minimum atomic E-state index is 0.0180. The average molecular weight is 227 g/mol. The molecule has 1 heterocycles. The molecule has 1 amide bonds. The summed E-state index contributed by atoms with van der Waals surface area (Å²) in [6, 6.07) is 0.505. The van der Waals surface area contributed by atoms with Crippen molar-refractivity contribution < 1.29 is 4.79 Å². The molecule has 1 fully saturated rings. The molecular weight excluding hydrogens is 202 g/mol. The van der Waals surface area contributed by atoms with Crippen LogP contribution in [-0.4, -0.2) is 60.5 Å². The minimum absolute atomic E-state index is 0.0180. The minimum Gasteiger partial charge on any atom is -0.342 e. The van der Waals surface area contributed by atoms with Crippen LogP contribution in [0.2, 0.25) is 0 Å². The fourth-order valence-corrected chi connectivity index (χ4v) is 2.27. The Labute approximate surface area is 99.0 Å². The lowest BCUT2D eigenvalue weighted by atomic mass is 10.1. The van der Waals surface area contributed by atoms with Gasteiger partial charge in [0.2, 0.25) is 5.91 Å². The Kier molecular flexibility index (Phi) is 5.22. The van der Waals surface area contributed by atoms with E-state index in [0.717, 1.165) is 32.7 Å². The van der Waals surface area contributed by atoms with Crippen LogP contribution in [0.3, 0.4) is 0 Å². The highest BCUT2D eigenvalue weighted by Gasteiger charge is 2.27. The molecule has 0 saturated carbocycles. The number of likely N-dealkylation sites (N-methyl/N-ethyl adjacent to an activating group) is 1. The topological polar surface area (TPSA) is 35.6 Å². The molecule has 1 unspecified atom stereocenters. The van der Waals surface area contributed by atoms with Crippen molar-refractivity contribution >= 4 is 5.91 Å². The van der Waals surface area contributed by atoms with Gasteiger partial charge >= 0.3 is 0 Å². The standard InChI is InChI=1S/C12H25N3O/c1-5-14(6-2)12(16)11(4)15-8-7-13-10(3)9-15/h10-11,13H,5-9H2,1-4H3/t10-,11?/m0/s1. The Morgan fingerprint density at radius 2 is 2.12 bits per heavy atom. The normalized spacial score (nSPS) is 24.1. The summed E-state index contributed by atoms with van der Waals surface area (Å²) >= 11 is 0. The number of carbonyl (C=O) groups excluding carboxylic acids is 1. The van der Waals surface area contributed by atoms with E-state index in [0.29, 0.717) is 6.04 Å². The van der Waals surface area contributed by atoms with E-state index in [1.54, 1.807) is 0 Å². The van der Waals surface area contributed by atoms with E-state index in [2.05, 4.69) is 17.1 Å². The molecule has 4 nitrogen and oxygen atoms in total. The Bertz CT molecular complexity index is 228. The van der Waals surface area contributed by atoms with Crippen molar-refractivity contribution in [2.45, 2.75) is 39.8 Å². The van der Waals surface area contributed by atoms with Crippen molar-refractivity contribution in [1.82, 2.24) is 15.1 Å². The van der Waals surface area contributed by atoms with Gasteiger partial charge in [-0.25, -0.2) is 0 Å². The van der Waals surface area contributed by atoms with Gasteiger partial charge in [0.15, 0.2) is 0 Å². The summed E-state index contributed by atoms with van der Waals surface area (Å²) in [5, 5.41) is 3.40. The van der Waals surface area contributed by atoms with Crippen LogP contribution in [0.5, 0.6) is 0 Å². The van der Waals surface area contributed by atoms with Crippen LogP contribution in [0.1, 0.15) is 27.7 Å². The largest absolute Gasteiger partial charge is 0.342 e. The number of hydrogen-bond acceptors (Lipinski definition) is 3. The molecule has 0 spiro atoms. The lowest BCUT2D eigenvalue weighted by Crippen LogP contribution is -2.56. The van der Waals surface area contributed by atoms with E-state index in [1.807, 2.05) is 25.7 Å². The van der Waals surface area contributed by atoms with E-state index in [-0.39, 0.29) is 11.9 Å². The van der Waals surface area contributed by atoms with E-state index in [1.165, 1.54) is 0 Å². The van der Waals surface area contributed by atoms with E-state index < -0.39 is 0 Å². The molecule has 4 heteroatoms. The summed E-state index contributed by atoms with van der Waals surface area (Å²) in [6.45, 7) is 12.8. The maximum atomic E-state index is 12.2. The lowest BCUT2D eigenvalue weighted by Gasteiger charge is -2.37. The molecule has 94 valence electrons.